The fraction of sp³-hybridized carbons (Fsp3) is 0.571. The Morgan fingerprint density at radius 2 is 2.37 bits per heavy atom. The largest absolute Gasteiger partial charge is 0.469 e. The molecule has 0 bridgehead atoms. The van der Waals surface area contributed by atoms with Crippen LogP contribution in [0.1, 0.15) is 31.4 Å². The maximum absolute atomic E-state index is 5.36. The molecule has 2 aromatic rings. The number of nitrogens with one attached hydrogen (secondary N) is 1. The molecule has 1 atom stereocenters. The third kappa shape index (κ3) is 3.92. The van der Waals surface area contributed by atoms with E-state index >= 15 is 0 Å². The van der Waals surface area contributed by atoms with E-state index < -0.39 is 0 Å². The van der Waals surface area contributed by atoms with Gasteiger partial charge in [0, 0.05) is 25.4 Å². The van der Waals surface area contributed by atoms with Gasteiger partial charge in [0.1, 0.15) is 17.9 Å². The number of rotatable bonds is 8. The van der Waals surface area contributed by atoms with Crippen LogP contribution in [0.25, 0.3) is 0 Å². The third-order valence-corrected chi connectivity index (χ3v) is 3.29. The summed E-state index contributed by atoms with van der Waals surface area (Å²) in [7, 11) is 1.99. The molecule has 0 aliphatic carbocycles. The van der Waals surface area contributed by atoms with E-state index in [1.54, 1.807) is 12.6 Å². The molecular weight excluding hydrogens is 240 g/mol. The van der Waals surface area contributed by atoms with E-state index in [1.165, 1.54) is 0 Å². The van der Waals surface area contributed by atoms with Crippen molar-refractivity contribution >= 4 is 0 Å². The van der Waals surface area contributed by atoms with Crippen molar-refractivity contribution in [3.05, 3.63) is 36.3 Å². The molecule has 0 aliphatic rings. The molecule has 2 rings (SSSR count). The Balaban J connectivity index is 1.89. The molecule has 2 aromatic heterocycles. The van der Waals surface area contributed by atoms with Gasteiger partial charge in [-0.3, -0.25) is 4.68 Å². The predicted octanol–water partition coefficient (Wildman–Crippen LogP) is 2.04. The number of hydrogen-bond donors (Lipinski definition) is 1. The number of aromatic nitrogens is 3. The molecule has 104 valence electrons. The Kier molecular flexibility index (Phi) is 5.15. The van der Waals surface area contributed by atoms with Crippen LogP contribution in [-0.2, 0) is 19.4 Å². The third-order valence-electron chi connectivity index (χ3n) is 3.29. The van der Waals surface area contributed by atoms with Gasteiger partial charge in [0.25, 0.3) is 0 Å². The molecule has 0 radical (unpaired) electrons. The molecule has 19 heavy (non-hydrogen) atoms. The van der Waals surface area contributed by atoms with E-state index in [0.29, 0.717) is 6.04 Å². The Labute approximate surface area is 114 Å². The number of nitrogens with zero attached hydrogens (tertiary/aromatic N) is 3. The molecule has 0 aromatic carbocycles. The molecule has 0 fully saturated rings. The Morgan fingerprint density at radius 1 is 1.47 bits per heavy atom. The van der Waals surface area contributed by atoms with Gasteiger partial charge in [0.05, 0.1) is 6.26 Å². The highest BCUT2D eigenvalue weighted by Crippen LogP contribution is 2.09. The minimum atomic E-state index is 0.393. The molecule has 2 heterocycles. The average molecular weight is 262 g/mol. The zero-order valence-corrected chi connectivity index (χ0v) is 11.7. The van der Waals surface area contributed by atoms with Gasteiger partial charge in [-0.25, -0.2) is 4.98 Å². The van der Waals surface area contributed by atoms with Crippen molar-refractivity contribution in [2.75, 3.05) is 7.05 Å². The Morgan fingerprint density at radius 3 is 3.05 bits per heavy atom. The number of likely N-dealkylation sites (N-methyl/N-ethyl adjacent to an activating group) is 1. The Hall–Kier alpha value is -1.62. The predicted molar refractivity (Wildman–Crippen MR) is 73.9 cm³/mol. The first-order chi connectivity index (χ1) is 9.33. The van der Waals surface area contributed by atoms with Gasteiger partial charge >= 0.3 is 0 Å². The van der Waals surface area contributed by atoms with Crippen LogP contribution in [0.5, 0.6) is 0 Å². The maximum Gasteiger partial charge on any atom is 0.138 e. The minimum Gasteiger partial charge on any atom is -0.469 e. The lowest BCUT2D eigenvalue weighted by Crippen LogP contribution is -2.29. The van der Waals surface area contributed by atoms with Crippen molar-refractivity contribution in [3.8, 4) is 0 Å². The molecule has 5 heteroatoms. The molecule has 0 spiro atoms. The highest BCUT2D eigenvalue weighted by molar-refractivity contribution is 4.99. The van der Waals surface area contributed by atoms with E-state index in [1.807, 2.05) is 23.9 Å². The van der Waals surface area contributed by atoms with Crippen molar-refractivity contribution in [1.29, 1.82) is 0 Å². The standard InChI is InChI=1S/C14H22N4O/c1-3-8-18-14(16-11-17-18)10-12(15-2)6-7-13-5-4-9-19-13/h4-5,9,11-12,15H,3,6-8,10H2,1-2H3. The first-order valence-electron chi connectivity index (χ1n) is 6.89. The molecule has 1 unspecified atom stereocenters. The van der Waals surface area contributed by atoms with Crippen molar-refractivity contribution in [1.82, 2.24) is 20.1 Å². The summed E-state index contributed by atoms with van der Waals surface area (Å²) >= 11 is 0. The summed E-state index contributed by atoms with van der Waals surface area (Å²) in [6, 6.07) is 4.35. The summed E-state index contributed by atoms with van der Waals surface area (Å²) in [6.45, 7) is 3.09. The minimum absolute atomic E-state index is 0.393. The molecule has 0 amide bonds. The number of furan rings is 1. The van der Waals surface area contributed by atoms with Crippen molar-refractivity contribution < 1.29 is 4.42 Å². The summed E-state index contributed by atoms with van der Waals surface area (Å²) in [5, 5.41) is 7.61. The fourth-order valence-corrected chi connectivity index (χ4v) is 2.18. The smallest absolute Gasteiger partial charge is 0.138 e. The second kappa shape index (κ2) is 7.09. The first kappa shape index (κ1) is 13.8. The van der Waals surface area contributed by atoms with E-state index in [9.17, 15) is 0 Å². The lowest BCUT2D eigenvalue weighted by Gasteiger charge is -2.15. The molecular formula is C14H22N4O. The lowest BCUT2D eigenvalue weighted by atomic mass is 10.1. The highest BCUT2D eigenvalue weighted by Gasteiger charge is 2.12. The van der Waals surface area contributed by atoms with E-state index in [2.05, 4.69) is 22.3 Å². The highest BCUT2D eigenvalue weighted by atomic mass is 16.3. The summed E-state index contributed by atoms with van der Waals surface area (Å²) < 4.78 is 7.36. The van der Waals surface area contributed by atoms with Gasteiger partial charge in [-0.05, 0) is 32.0 Å². The maximum atomic E-state index is 5.36. The Bertz CT molecular complexity index is 464. The fourth-order valence-electron chi connectivity index (χ4n) is 2.18. The van der Waals surface area contributed by atoms with E-state index in [-0.39, 0.29) is 0 Å². The van der Waals surface area contributed by atoms with Gasteiger partial charge in [0.2, 0.25) is 0 Å². The molecule has 0 aliphatic heterocycles. The average Bonchev–Trinajstić information content (AvgIpc) is 3.07. The van der Waals surface area contributed by atoms with Crippen LogP contribution < -0.4 is 5.32 Å². The normalized spacial score (nSPS) is 12.7. The van der Waals surface area contributed by atoms with E-state index in [0.717, 1.165) is 43.8 Å². The quantitative estimate of drug-likeness (QED) is 0.791. The molecule has 5 nitrogen and oxygen atoms in total. The van der Waals surface area contributed by atoms with Gasteiger partial charge in [-0.2, -0.15) is 5.10 Å². The summed E-state index contributed by atoms with van der Waals surface area (Å²) in [6.07, 6.45) is 7.32. The van der Waals surface area contributed by atoms with Crippen LogP contribution in [0.3, 0.4) is 0 Å². The van der Waals surface area contributed by atoms with Crippen molar-refractivity contribution in [3.63, 3.8) is 0 Å². The van der Waals surface area contributed by atoms with Crippen LogP contribution >= 0.6 is 0 Å². The van der Waals surface area contributed by atoms with Crippen molar-refractivity contribution in [2.24, 2.45) is 0 Å². The van der Waals surface area contributed by atoms with Gasteiger partial charge < -0.3 is 9.73 Å². The second-order valence-corrected chi connectivity index (χ2v) is 4.71. The second-order valence-electron chi connectivity index (χ2n) is 4.71. The SMILES string of the molecule is CCCn1ncnc1CC(CCc1ccco1)NC. The number of hydrogen-bond acceptors (Lipinski definition) is 4. The first-order valence-corrected chi connectivity index (χ1v) is 6.89. The topological polar surface area (TPSA) is 55.9 Å². The van der Waals surface area contributed by atoms with Crippen LogP contribution in [0.4, 0.5) is 0 Å². The van der Waals surface area contributed by atoms with Gasteiger partial charge in [-0.15, -0.1) is 0 Å². The zero-order chi connectivity index (χ0) is 13.5. The summed E-state index contributed by atoms with van der Waals surface area (Å²) in [5.41, 5.74) is 0. The molecule has 0 saturated carbocycles. The summed E-state index contributed by atoms with van der Waals surface area (Å²) in [4.78, 5) is 4.36. The van der Waals surface area contributed by atoms with Crippen LogP contribution in [0.2, 0.25) is 0 Å². The van der Waals surface area contributed by atoms with Gasteiger partial charge in [-0.1, -0.05) is 6.92 Å². The van der Waals surface area contributed by atoms with Crippen LogP contribution in [0, 0.1) is 0 Å². The lowest BCUT2D eigenvalue weighted by molar-refractivity contribution is 0.446. The van der Waals surface area contributed by atoms with Crippen LogP contribution in [-0.4, -0.2) is 27.9 Å². The number of aryl methyl sites for hydroxylation is 2. The molecule has 0 saturated heterocycles. The van der Waals surface area contributed by atoms with E-state index in [4.69, 9.17) is 4.42 Å². The zero-order valence-electron chi connectivity index (χ0n) is 11.7. The summed E-state index contributed by atoms with van der Waals surface area (Å²) in [5.74, 6) is 2.09. The van der Waals surface area contributed by atoms with Crippen LogP contribution in [0.15, 0.2) is 29.1 Å². The monoisotopic (exact) mass is 262 g/mol. The van der Waals surface area contributed by atoms with Crippen molar-refractivity contribution in [2.45, 2.75) is 45.2 Å². The van der Waals surface area contributed by atoms with Gasteiger partial charge in [0.15, 0.2) is 0 Å². The molecule has 1 N–H and O–H groups in total.